The van der Waals surface area contributed by atoms with Crippen molar-refractivity contribution in [3.63, 3.8) is 0 Å². The summed E-state index contributed by atoms with van der Waals surface area (Å²) in [6.45, 7) is 1.75. The zero-order valence-corrected chi connectivity index (χ0v) is 19.6. The van der Waals surface area contributed by atoms with Gasteiger partial charge in [-0.25, -0.2) is 9.59 Å². The van der Waals surface area contributed by atoms with Crippen molar-refractivity contribution in [2.45, 2.75) is 57.0 Å². The van der Waals surface area contributed by atoms with Crippen LogP contribution in [0, 0.1) is 17.2 Å². The maximum Gasteiger partial charge on any atom is 0.323 e. The van der Waals surface area contributed by atoms with Crippen LogP contribution in [0.5, 0.6) is 0 Å². The first-order valence-corrected chi connectivity index (χ1v) is 12.4. The zero-order valence-electron chi connectivity index (χ0n) is 19.6. The van der Waals surface area contributed by atoms with E-state index in [1.54, 1.807) is 34.9 Å². The molecule has 2 unspecified atom stereocenters. The topological polar surface area (TPSA) is 119 Å². The van der Waals surface area contributed by atoms with Crippen molar-refractivity contribution < 1.29 is 9.59 Å². The first kappa shape index (κ1) is 23.0. The Kier molecular flexibility index (Phi) is 6.45. The van der Waals surface area contributed by atoms with Gasteiger partial charge in [-0.3, -0.25) is 4.79 Å². The number of aromatic nitrogens is 1. The Morgan fingerprint density at radius 2 is 1.83 bits per heavy atom. The number of carbonyl (C=O) groups excluding carboxylic acids is 2. The highest BCUT2D eigenvalue weighted by molar-refractivity contribution is 5.99. The fourth-order valence-electron chi connectivity index (χ4n) is 5.67. The Bertz CT molecular complexity index is 1230. The largest absolute Gasteiger partial charge is 0.335 e. The zero-order chi connectivity index (χ0) is 24.4. The van der Waals surface area contributed by atoms with Crippen molar-refractivity contribution in [3.8, 4) is 6.07 Å². The van der Waals surface area contributed by atoms with Gasteiger partial charge in [0.15, 0.2) is 0 Å². The number of carbonyl (C=O) groups is 2. The van der Waals surface area contributed by atoms with E-state index in [0.717, 1.165) is 25.0 Å². The Hall–Kier alpha value is -3.80. The Morgan fingerprint density at radius 1 is 1.00 bits per heavy atom. The van der Waals surface area contributed by atoms with Crippen LogP contribution in [0.1, 0.15) is 55.7 Å². The number of urea groups is 2. The van der Waals surface area contributed by atoms with Crippen molar-refractivity contribution in [1.82, 2.24) is 14.8 Å². The van der Waals surface area contributed by atoms with Gasteiger partial charge in [0.1, 0.15) is 5.69 Å². The molecule has 3 N–H and O–H groups in total. The van der Waals surface area contributed by atoms with Gasteiger partial charge in [-0.1, -0.05) is 25.3 Å². The maximum absolute atomic E-state index is 13.2. The predicted molar refractivity (Wildman–Crippen MR) is 132 cm³/mol. The second-order valence-corrected chi connectivity index (χ2v) is 9.85. The highest BCUT2D eigenvalue weighted by Crippen LogP contribution is 2.35. The van der Waals surface area contributed by atoms with E-state index in [1.807, 2.05) is 17.0 Å². The minimum atomic E-state index is -0.542. The van der Waals surface area contributed by atoms with E-state index in [0.29, 0.717) is 30.9 Å². The molecule has 1 aromatic carbocycles. The number of hydrogen-bond acceptors (Lipinski definition) is 4. The van der Waals surface area contributed by atoms with Gasteiger partial charge in [0, 0.05) is 43.0 Å². The van der Waals surface area contributed by atoms with Crippen molar-refractivity contribution in [2.24, 2.45) is 5.92 Å². The smallest absolute Gasteiger partial charge is 0.323 e. The highest BCUT2D eigenvalue weighted by Gasteiger charge is 2.37. The van der Waals surface area contributed by atoms with Crippen molar-refractivity contribution >= 4 is 23.4 Å². The lowest BCUT2D eigenvalue weighted by Gasteiger charge is -2.43. The minimum Gasteiger partial charge on any atom is -0.335 e. The average molecular weight is 475 g/mol. The molecule has 1 aromatic heterocycles. The fraction of sp³-hybridized carbons (Fsp3) is 0.462. The summed E-state index contributed by atoms with van der Waals surface area (Å²) < 4.78 is 1.75. The summed E-state index contributed by atoms with van der Waals surface area (Å²) in [7, 11) is 0. The van der Waals surface area contributed by atoms with Crippen LogP contribution in [0.25, 0.3) is 0 Å². The van der Waals surface area contributed by atoms with Gasteiger partial charge in [0.2, 0.25) is 0 Å². The SMILES string of the molecule is N#Cc1cccc(NC(=O)Nc2ccc3n(c2=O)CC2CC3CN(C(=O)NC3CCCCC3)C2)c1. The fourth-order valence-corrected chi connectivity index (χ4v) is 5.67. The molecule has 2 bridgehead atoms. The van der Waals surface area contributed by atoms with Gasteiger partial charge < -0.3 is 25.4 Å². The molecule has 1 aliphatic carbocycles. The van der Waals surface area contributed by atoms with Gasteiger partial charge in [-0.15, -0.1) is 0 Å². The Labute approximate surface area is 204 Å². The van der Waals surface area contributed by atoms with E-state index in [1.165, 1.54) is 19.3 Å². The number of amides is 4. The number of pyridine rings is 1. The summed E-state index contributed by atoms with van der Waals surface area (Å²) in [6, 6.07) is 11.9. The molecule has 0 radical (unpaired) electrons. The van der Waals surface area contributed by atoms with Crippen LogP contribution >= 0.6 is 0 Å². The molecule has 2 fully saturated rings. The molecule has 35 heavy (non-hydrogen) atoms. The van der Waals surface area contributed by atoms with Crippen molar-refractivity contribution in [3.05, 3.63) is 58.0 Å². The van der Waals surface area contributed by atoms with E-state index < -0.39 is 6.03 Å². The number of rotatable bonds is 3. The van der Waals surface area contributed by atoms with Gasteiger partial charge in [-0.05, 0) is 55.5 Å². The van der Waals surface area contributed by atoms with Gasteiger partial charge >= 0.3 is 12.1 Å². The molecule has 1 saturated heterocycles. The average Bonchev–Trinajstić information content (AvgIpc) is 2.86. The van der Waals surface area contributed by atoms with E-state index >= 15 is 0 Å². The number of piperidine rings is 1. The number of nitrogens with one attached hydrogen (secondary N) is 3. The second-order valence-electron chi connectivity index (χ2n) is 9.85. The normalized spacial score (nSPS) is 21.4. The van der Waals surface area contributed by atoms with E-state index in [4.69, 9.17) is 5.26 Å². The number of hydrogen-bond donors (Lipinski definition) is 3. The molecule has 4 amide bonds. The summed E-state index contributed by atoms with van der Waals surface area (Å²) in [5.74, 6) is 0.303. The van der Waals surface area contributed by atoms with E-state index in [9.17, 15) is 14.4 Å². The van der Waals surface area contributed by atoms with Crippen LogP contribution in [0.15, 0.2) is 41.2 Å². The van der Waals surface area contributed by atoms with E-state index in [2.05, 4.69) is 16.0 Å². The Balaban J connectivity index is 1.26. The van der Waals surface area contributed by atoms with Crippen LogP contribution in [-0.4, -0.2) is 40.7 Å². The predicted octanol–water partition coefficient (Wildman–Crippen LogP) is 3.83. The lowest BCUT2D eigenvalue weighted by molar-refractivity contribution is 0.127. The number of anilines is 2. The van der Waals surface area contributed by atoms with Crippen LogP contribution in [0.4, 0.5) is 21.0 Å². The molecular weight excluding hydrogens is 444 g/mol. The van der Waals surface area contributed by atoms with Crippen LogP contribution < -0.4 is 21.5 Å². The van der Waals surface area contributed by atoms with Gasteiger partial charge in [0.25, 0.3) is 5.56 Å². The molecule has 0 spiro atoms. The molecule has 9 nitrogen and oxygen atoms in total. The first-order chi connectivity index (χ1) is 17.0. The highest BCUT2D eigenvalue weighted by atomic mass is 16.2. The summed E-state index contributed by atoms with van der Waals surface area (Å²) >= 11 is 0. The number of nitrogens with zero attached hydrogens (tertiary/aromatic N) is 3. The van der Waals surface area contributed by atoms with Gasteiger partial charge in [-0.2, -0.15) is 5.26 Å². The summed E-state index contributed by atoms with van der Waals surface area (Å²) in [5, 5.41) is 17.5. The van der Waals surface area contributed by atoms with Crippen LogP contribution in [-0.2, 0) is 6.54 Å². The van der Waals surface area contributed by atoms with E-state index in [-0.39, 0.29) is 35.2 Å². The third kappa shape index (κ3) is 5.02. The number of benzene rings is 1. The monoisotopic (exact) mass is 474 g/mol. The molecule has 182 valence electrons. The molecule has 9 heteroatoms. The molecule has 5 rings (SSSR count). The molecule has 2 aromatic rings. The Morgan fingerprint density at radius 3 is 2.63 bits per heavy atom. The maximum atomic E-state index is 13.2. The minimum absolute atomic E-state index is 0.0119. The second kappa shape index (κ2) is 9.82. The molecule has 3 heterocycles. The molecular formula is C26H30N6O3. The van der Waals surface area contributed by atoms with Crippen LogP contribution in [0.3, 0.4) is 0 Å². The standard InChI is InChI=1S/C26H30N6O3/c27-13-17-5-4-8-21(12-17)28-25(34)30-22-9-10-23-19-11-18(15-32(23)24(22)33)14-31(16-19)26(35)29-20-6-2-1-3-7-20/h4-5,8-10,12,18-20H,1-3,6-7,11,14-16H2,(H,29,35)(H2,28,30,34). The van der Waals surface area contributed by atoms with Crippen molar-refractivity contribution in [1.29, 1.82) is 5.26 Å². The third-order valence-electron chi connectivity index (χ3n) is 7.32. The molecule has 3 aliphatic rings. The molecule has 2 aliphatic heterocycles. The first-order valence-electron chi connectivity index (χ1n) is 12.4. The summed E-state index contributed by atoms with van der Waals surface area (Å²) in [4.78, 5) is 40.5. The van der Waals surface area contributed by atoms with Crippen molar-refractivity contribution in [2.75, 3.05) is 23.7 Å². The van der Waals surface area contributed by atoms with Gasteiger partial charge in [0.05, 0.1) is 11.6 Å². The number of nitriles is 1. The van der Waals surface area contributed by atoms with Crippen LogP contribution in [0.2, 0.25) is 0 Å². The molecule has 2 atom stereocenters. The number of likely N-dealkylation sites (tertiary alicyclic amines) is 1. The quantitative estimate of drug-likeness (QED) is 0.626. The summed E-state index contributed by atoms with van der Waals surface area (Å²) in [6.07, 6.45) is 6.66. The molecule has 1 saturated carbocycles. The summed E-state index contributed by atoms with van der Waals surface area (Å²) in [5.41, 5.74) is 1.78. The third-order valence-corrected chi connectivity index (χ3v) is 7.32. The lowest BCUT2D eigenvalue weighted by Crippen LogP contribution is -2.53. The number of fused-ring (bicyclic) bond motifs is 4. The lowest BCUT2D eigenvalue weighted by atomic mass is 9.83.